The third-order valence-electron chi connectivity index (χ3n) is 4.32. The van der Waals surface area contributed by atoms with Crippen molar-refractivity contribution in [3.8, 4) is 17.0 Å². The van der Waals surface area contributed by atoms with Crippen LogP contribution in [0.5, 0.6) is 5.75 Å². The van der Waals surface area contributed by atoms with Crippen molar-refractivity contribution in [2.24, 2.45) is 0 Å². The van der Waals surface area contributed by atoms with E-state index in [4.69, 9.17) is 4.74 Å². The van der Waals surface area contributed by atoms with Crippen molar-refractivity contribution < 1.29 is 9.53 Å². The molecule has 28 heavy (non-hydrogen) atoms. The number of hydrogen-bond donors (Lipinski definition) is 1. The van der Waals surface area contributed by atoms with Gasteiger partial charge in [-0.15, -0.1) is 11.8 Å². The van der Waals surface area contributed by atoms with Gasteiger partial charge in [-0.05, 0) is 55.6 Å². The quantitative estimate of drug-likeness (QED) is 0.642. The molecule has 0 fully saturated rings. The number of ether oxygens (including phenoxy) is 1. The summed E-state index contributed by atoms with van der Waals surface area (Å²) in [6.45, 7) is 1.66. The van der Waals surface area contributed by atoms with Crippen LogP contribution in [-0.4, -0.2) is 29.1 Å². The Morgan fingerprint density at radius 3 is 2.50 bits per heavy atom. The normalized spacial score (nSPS) is 11.7. The van der Waals surface area contributed by atoms with Crippen LogP contribution >= 0.6 is 11.8 Å². The molecule has 6 nitrogen and oxygen atoms in total. The molecule has 0 saturated carbocycles. The Hall–Kier alpha value is -3.06. The molecule has 0 aliphatic carbocycles. The lowest BCUT2D eigenvalue weighted by molar-refractivity contribution is -0.119. The predicted molar refractivity (Wildman–Crippen MR) is 112 cm³/mol. The number of carbonyl (C=O) groups excluding carboxylic acids is 1. The minimum absolute atomic E-state index is 0.303. The maximum atomic E-state index is 12.7. The molecule has 3 aromatic rings. The first kappa shape index (κ1) is 19.7. The number of thioether (sulfide) groups is 1. The monoisotopic (exact) mass is 395 g/mol. The van der Waals surface area contributed by atoms with Crippen LogP contribution in [-0.2, 0) is 4.79 Å². The summed E-state index contributed by atoms with van der Waals surface area (Å²) in [5, 5.41) is 7.29. The second kappa shape index (κ2) is 8.75. The van der Waals surface area contributed by atoms with E-state index in [0.717, 1.165) is 16.2 Å². The Balaban J connectivity index is 1.87. The first-order valence-corrected chi connectivity index (χ1v) is 9.94. The molecule has 0 aliphatic rings. The van der Waals surface area contributed by atoms with Gasteiger partial charge in [0.2, 0.25) is 5.91 Å². The van der Waals surface area contributed by atoms with Crippen molar-refractivity contribution in [2.75, 3.05) is 18.7 Å². The van der Waals surface area contributed by atoms with Crippen molar-refractivity contribution in [2.45, 2.75) is 17.9 Å². The Labute approximate surface area is 167 Å². The first-order chi connectivity index (χ1) is 13.5. The molecule has 0 unspecified atom stereocenters. The lowest BCUT2D eigenvalue weighted by atomic mass is 10.1. The van der Waals surface area contributed by atoms with E-state index < -0.39 is 6.04 Å². The minimum Gasteiger partial charge on any atom is -0.497 e. The molecule has 1 aromatic heterocycles. The van der Waals surface area contributed by atoms with Gasteiger partial charge in [0.25, 0.3) is 5.56 Å². The number of amides is 1. The molecule has 0 saturated heterocycles. The largest absolute Gasteiger partial charge is 0.497 e. The van der Waals surface area contributed by atoms with Crippen LogP contribution < -0.4 is 15.6 Å². The van der Waals surface area contributed by atoms with Crippen LogP contribution in [0.2, 0.25) is 0 Å². The molecule has 1 amide bonds. The van der Waals surface area contributed by atoms with Gasteiger partial charge in [-0.25, -0.2) is 4.68 Å². The number of anilines is 1. The highest BCUT2D eigenvalue weighted by Gasteiger charge is 2.19. The highest BCUT2D eigenvalue weighted by atomic mass is 32.2. The van der Waals surface area contributed by atoms with E-state index in [-0.39, 0.29) is 11.5 Å². The highest BCUT2D eigenvalue weighted by Crippen LogP contribution is 2.25. The lowest BCUT2D eigenvalue weighted by Gasteiger charge is -2.16. The summed E-state index contributed by atoms with van der Waals surface area (Å²) in [6.07, 6.45) is 1.94. The number of para-hydroxylation sites is 1. The van der Waals surface area contributed by atoms with Crippen LogP contribution in [0, 0.1) is 0 Å². The molecule has 0 aliphatic heterocycles. The van der Waals surface area contributed by atoms with E-state index in [9.17, 15) is 9.59 Å². The number of nitrogens with zero attached hydrogens (tertiary/aromatic N) is 2. The molecule has 1 N–H and O–H groups in total. The van der Waals surface area contributed by atoms with E-state index >= 15 is 0 Å². The van der Waals surface area contributed by atoms with Gasteiger partial charge in [0.05, 0.1) is 18.5 Å². The van der Waals surface area contributed by atoms with Crippen molar-refractivity contribution in [3.05, 3.63) is 71.0 Å². The number of nitrogens with one attached hydrogen (secondary N) is 1. The molecule has 0 bridgehead atoms. The fraction of sp³-hybridized carbons (Fsp3) is 0.190. The van der Waals surface area contributed by atoms with E-state index in [0.29, 0.717) is 11.4 Å². The van der Waals surface area contributed by atoms with Gasteiger partial charge in [-0.1, -0.05) is 12.1 Å². The maximum absolute atomic E-state index is 12.7. The van der Waals surface area contributed by atoms with Gasteiger partial charge in [0.1, 0.15) is 11.8 Å². The fourth-order valence-corrected chi connectivity index (χ4v) is 3.27. The van der Waals surface area contributed by atoms with Crippen molar-refractivity contribution in [1.29, 1.82) is 0 Å². The van der Waals surface area contributed by atoms with Gasteiger partial charge < -0.3 is 10.1 Å². The van der Waals surface area contributed by atoms with Gasteiger partial charge in [0, 0.05) is 16.5 Å². The lowest BCUT2D eigenvalue weighted by Crippen LogP contribution is -2.33. The number of carbonyl (C=O) groups is 1. The fourth-order valence-electron chi connectivity index (χ4n) is 2.71. The Morgan fingerprint density at radius 1 is 1.11 bits per heavy atom. The molecular weight excluding hydrogens is 374 g/mol. The van der Waals surface area contributed by atoms with E-state index in [2.05, 4.69) is 10.4 Å². The number of hydrogen-bond acceptors (Lipinski definition) is 5. The highest BCUT2D eigenvalue weighted by molar-refractivity contribution is 7.98. The average molecular weight is 395 g/mol. The Morgan fingerprint density at radius 2 is 1.82 bits per heavy atom. The smallest absolute Gasteiger partial charge is 0.267 e. The first-order valence-electron chi connectivity index (χ1n) is 8.71. The summed E-state index contributed by atoms with van der Waals surface area (Å²) in [5.74, 6) is 0.431. The Kier molecular flexibility index (Phi) is 6.16. The number of aromatic nitrogens is 2. The van der Waals surface area contributed by atoms with Gasteiger partial charge >= 0.3 is 0 Å². The zero-order valence-electron chi connectivity index (χ0n) is 15.9. The van der Waals surface area contributed by atoms with Crippen LogP contribution in [0.25, 0.3) is 11.3 Å². The van der Waals surface area contributed by atoms with E-state index in [1.54, 1.807) is 31.9 Å². The summed E-state index contributed by atoms with van der Waals surface area (Å²) < 4.78 is 6.37. The summed E-state index contributed by atoms with van der Waals surface area (Å²) in [6, 6.07) is 17.2. The number of benzene rings is 2. The molecule has 0 spiro atoms. The van der Waals surface area contributed by atoms with Crippen LogP contribution in [0.4, 0.5) is 5.69 Å². The van der Waals surface area contributed by atoms with Gasteiger partial charge in [0.15, 0.2) is 0 Å². The van der Waals surface area contributed by atoms with E-state index in [1.807, 2.05) is 54.8 Å². The van der Waals surface area contributed by atoms with Crippen LogP contribution in [0.3, 0.4) is 0 Å². The minimum atomic E-state index is -0.763. The zero-order chi connectivity index (χ0) is 20.1. The summed E-state index contributed by atoms with van der Waals surface area (Å²) in [4.78, 5) is 26.0. The average Bonchev–Trinajstić information content (AvgIpc) is 2.74. The predicted octanol–water partition coefficient (Wildman–Crippen LogP) is 3.84. The molecule has 3 rings (SSSR count). The second-order valence-electron chi connectivity index (χ2n) is 6.10. The van der Waals surface area contributed by atoms with E-state index in [1.165, 1.54) is 10.7 Å². The van der Waals surface area contributed by atoms with Gasteiger partial charge in [-0.2, -0.15) is 5.10 Å². The number of methoxy groups -OCH3 is 1. The van der Waals surface area contributed by atoms with Crippen LogP contribution in [0.1, 0.15) is 13.0 Å². The molecule has 144 valence electrons. The zero-order valence-corrected chi connectivity index (χ0v) is 16.7. The van der Waals surface area contributed by atoms with Gasteiger partial charge in [-0.3, -0.25) is 9.59 Å². The molecule has 1 atom stereocenters. The summed E-state index contributed by atoms with van der Waals surface area (Å²) >= 11 is 1.54. The number of rotatable bonds is 6. The molecule has 1 heterocycles. The SMILES string of the molecule is COc1ccc(-c2ccc(=O)n([C@H](C)C(=O)Nc3ccccc3SC)n2)cc1. The van der Waals surface area contributed by atoms with Crippen LogP contribution in [0.15, 0.2) is 70.4 Å². The van der Waals surface area contributed by atoms with Crippen molar-refractivity contribution >= 4 is 23.4 Å². The second-order valence-corrected chi connectivity index (χ2v) is 6.94. The molecule has 2 aromatic carbocycles. The molecular formula is C21H21N3O3S. The maximum Gasteiger partial charge on any atom is 0.267 e. The molecule has 7 heteroatoms. The summed E-state index contributed by atoms with van der Waals surface area (Å²) in [7, 11) is 1.60. The van der Waals surface area contributed by atoms with Crippen molar-refractivity contribution in [3.63, 3.8) is 0 Å². The third kappa shape index (κ3) is 4.26. The standard InChI is InChI=1S/C21H21N3O3S/c1-14(21(26)22-18-6-4-5-7-19(18)28-3)24-20(25)13-12-17(23-24)15-8-10-16(27-2)11-9-15/h4-14H,1-3H3,(H,22,26)/t14-/m1/s1. The topological polar surface area (TPSA) is 73.2 Å². The Bertz CT molecular complexity index is 1030. The third-order valence-corrected chi connectivity index (χ3v) is 5.12. The van der Waals surface area contributed by atoms with Crippen molar-refractivity contribution in [1.82, 2.24) is 9.78 Å². The summed E-state index contributed by atoms with van der Waals surface area (Å²) in [5.41, 5.74) is 1.81. The molecule has 0 radical (unpaired) electrons.